The van der Waals surface area contributed by atoms with Crippen molar-refractivity contribution in [3.63, 3.8) is 0 Å². The van der Waals surface area contributed by atoms with Crippen LogP contribution in [0.1, 0.15) is 25.7 Å². The summed E-state index contributed by atoms with van der Waals surface area (Å²) in [5.74, 6) is -2.29. The molecule has 126 valence electrons. The summed E-state index contributed by atoms with van der Waals surface area (Å²) in [6, 6.07) is 2.31. The minimum Gasteiger partial charge on any atom is -0.481 e. The molecule has 0 fully saturated rings. The van der Waals surface area contributed by atoms with Crippen LogP contribution in [-0.2, 0) is 19.7 Å². The first kappa shape index (κ1) is 18.5. The van der Waals surface area contributed by atoms with Crippen molar-refractivity contribution in [3.05, 3.63) is 28.3 Å². The van der Waals surface area contributed by atoms with Crippen molar-refractivity contribution < 1.29 is 37.3 Å². The lowest BCUT2D eigenvalue weighted by molar-refractivity contribution is -0.385. The van der Waals surface area contributed by atoms with E-state index in [1.807, 2.05) is 0 Å². The molecule has 0 aliphatic heterocycles. The van der Waals surface area contributed by atoms with Gasteiger partial charge in [-0.2, -0.15) is 8.42 Å². The highest BCUT2D eigenvalue weighted by Gasteiger charge is 2.22. The van der Waals surface area contributed by atoms with Gasteiger partial charge in [0, 0.05) is 18.9 Å². The highest BCUT2D eigenvalue weighted by atomic mass is 32.2. The van der Waals surface area contributed by atoms with E-state index < -0.39 is 43.3 Å². The molecule has 0 spiro atoms. The third-order valence-corrected chi connectivity index (χ3v) is 3.52. The highest BCUT2D eigenvalue weighted by molar-refractivity contribution is 7.85. The maximum absolute atomic E-state index is 11.6. The molecule has 0 aliphatic rings. The molecule has 23 heavy (non-hydrogen) atoms. The summed E-state index contributed by atoms with van der Waals surface area (Å²) >= 11 is 0. The molecular weight excluding hydrogens is 334 g/mol. The van der Waals surface area contributed by atoms with Gasteiger partial charge in [0.15, 0.2) is 0 Å². The van der Waals surface area contributed by atoms with Gasteiger partial charge in [-0.25, -0.2) is 0 Å². The zero-order valence-electron chi connectivity index (χ0n) is 11.7. The van der Waals surface area contributed by atoms with Crippen molar-refractivity contribution in [2.24, 2.45) is 0 Å². The van der Waals surface area contributed by atoms with E-state index in [0.29, 0.717) is 6.07 Å². The van der Waals surface area contributed by atoms with Gasteiger partial charge in [0.2, 0.25) is 5.75 Å². The Bertz CT molecular complexity index is 726. The van der Waals surface area contributed by atoms with Gasteiger partial charge in [0.1, 0.15) is 4.90 Å². The Hall–Kier alpha value is -2.53. The highest BCUT2D eigenvalue weighted by Crippen LogP contribution is 2.30. The van der Waals surface area contributed by atoms with Gasteiger partial charge in [-0.05, 0) is 25.0 Å². The Kier molecular flexibility index (Phi) is 6.16. The number of rotatable bonds is 8. The summed E-state index contributed by atoms with van der Waals surface area (Å²) in [6.45, 7) is 0. The number of carboxylic acid groups (broad SMARTS) is 1. The second-order valence-corrected chi connectivity index (χ2v) is 5.86. The average molecular weight is 347 g/mol. The SMILES string of the molecule is O=C(O)CCCCC(=O)Oc1ccc(S(=O)(=O)O)cc1[N+](=O)[O-]. The van der Waals surface area contributed by atoms with E-state index in [2.05, 4.69) is 0 Å². The molecule has 0 heterocycles. The number of nitro groups is 1. The van der Waals surface area contributed by atoms with Crippen LogP contribution in [-0.4, -0.2) is 34.9 Å². The molecule has 0 radical (unpaired) electrons. The first-order valence-corrected chi connectivity index (χ1v) is 7.73. The van der Waals surface area contributed by atoms with Crippen LogP contribution in [0.25, 0.3) is 0 Å². The summed E-state index contributed by atoms with van der Waals surface area (Å²) in [4.78, 5) is 31.1. The lowest BCUT2D eigenvalue weighted by Crippen LogP contribution is -2.10. The quantitative estimate of drug-likeness (QED) is 0.177. The molecule has 0 aliphatic carbocycles. The Morgan fingerprint density at radius 1 is 1.22 bits per heavy atom. The van der Waals surface area contributed by atoms with Gasteiger partial charge < -0.3 is 9.84 Å². The van der Waals surface area contributed by atoms with E-state index >= 15 is 0 Å². The zero-order chi connectivity index (χ0) is 17.6. The molecule has 0 atom stereocenters. The molecule has 1 aromatic rings. The molecule has 1 aromatic carbocycles. The number of esters is 1. The van der Waals surface area contributed by atoms with Gasteiger partial charge in [-0.3, -0.25) is 24.3 Å². The van der Waals surface area contributed by atoms with Gasteiger partial charge >= 0.3 is 17.6 Å². The predicted octanol–water partition coefficient (Wildman–Crippen LogP) is 1.39. The van der Waals surface area contributed by atoms with Gasteiger partial charge in [-0.15, -0.1) is 0 Å². The standard InChI is InChI=1S/C12H13NO9S/c14-11(15)3-1-2-4-12(16)22-10-6-5-8(23(19,20)21)7-9(10)13(17)18/h5-7H,1-4H2,(H,14,15)(H,19,20,21). The Labute approximate surface area is 130 Å². The summed E-state index contributed by atoms with van der Waals surface area (Å²) in [6.07, 6.45) is 0.206. The Morgan fingerprint density at radius 2 is 1.83 bits per heavy atom. The van der Waals surface area contributed by atoms with Crippen molar-refractivity contribution in [2.75, 3.05) is 0 Å². The summed E-state index contributed by atoms with van der Waals surface area (Å²) in [7, 11) is -4.63. The molecule has 1 rings (SSSR count). The van der Waals surface area contributed by atoms with Crippen LogP contribution in [0.5, 0.6) is 5.75 Å². The molecular formula is C12H13NO9S. The van der Waals surface area contributed by atoms with Crippen molar-refractivity contribution in [1.82, 2.24) is 0 Å². The third kappa shape index (κ3) is 6.00. The molecule has 2 N–H and O–H groups in total. The van der Waals surface area contributed by atoms with Crippen molar-refractivity contribution in [2.45, 2.75) is 30.6 Å². The third-order valence-electron chi connectivity index (χ3n) is 2.67. The van der Waals surface area contributed by atoms with Crippen LogP contribution < -0.4 is 4.74 Å². The monoisotopic (exact) mass is 347 g/mol. The van der Waals surface area contributed by atoms with Crippen LogP contribution in [0.15, 0.2) is 23.1 Å². The molecule has 0 amide bonds. The van der Waals surface area contributed by atoms with E-state index in [4.69, 9.17) is 14.4 Å². The molecule has 0 saturated carbocycles. The first-order chi connectivity index (χ1) is 10.6. The largest absolute Gasteiger partial charge is 0.481 e. The van der Waals surface area contributed by atoms with Crippen LogP contribution in [0.2, 0.25) is 0 Å². The number of nitrogens with zero attached hydrogens (tertiary/aromatic N) is 1. The Morgan fingerprint density at radius 3 is 2.35 bits per heavy atom. The maximum Gasteiger partial charge on any atom is 0.313 e. The predicted molar refractivity (Wildman–Crippen MR) is 74.6 cm³/mol. The number of hydrogen-bond acceptors (Lipinski definition) is 7. The van der Waals surface area contributed by atoms with Crippen LogP contribution in [0.3, 0.4) is 0 Å². The van der Waals surface area contributed by atoms with E-state index in [-0.39, 0.29) is 25.7 Å². The maximum atomic E-state index is 11.6. The summed E-state index contributed by atoms with van der Waals surface area (Å²) in [5, 5.41) is 19.3. The van der Waals surface area contributed by atoms with Crippen molar-refractivity contribution in [3.8, 4) is 5.75 Å². The number of nitro benzene ring substituents is 1. The Balaban J connectivity index is 2.82. The first-order valence-electron chi connectivity index (χ1n) is 6.29. The second-order valence-electron chi connectivity index (χ2n) is 4.44. The minimum atomic E-state index is -4.63. The summed E-state index contributed by atoms with van der Waals surface area (Å²) < 4.78 is 35.5. The molecule has 0 aromatic heterocycles. The van der Waals surface area contributed by atoms with E-state index in [0.717, 1.165) is 12.1 Å². The second kappa shape index (κ2) is 7.65. The fourth-order valence-electron chi connectivity index (χ4n) is 1.61. The average Bonchev–Trinajstić information content (AvgIpc) is 2.42. The van der Waals surface area contributed by atoms with Gasteiger partial charge in [0.05, 0.1) is 4.92 Å². The van der Waals surface area contributed by atoms with E-state index in [1.165, 1.54) is 0 Å². The van der Waals surface area contributed by atoms with Gasteiger partial charge in [-0.1, -0.05) is 0 Å². The number of carboxylic acids is 1. The fourth-order valence-corrected chi connectivity index (χ4v) is 2.11. The number of carbonyl (C=O) groups excluding carboxylic acids is 1. The molecule has 0 saturated heterocycles. The number of unbranched alkanes of at least 4 members (excludes halogenated alkanes) is 1. The number of benzene rings is 1. The molecule has 0 unspecified atom stereocenters. The summed E-state index contributed by atoms with van der Waals surface area (Å²) in [5.41, 5.74) is -0.793. The topological polar surface area (TPSA) is 161 Å². The van der Waals surface area contributed by atoms with E-state index in [1.54, 1.807) is 0 Å². The smallest absolute Gasteiger partial charge is 0.313 e. The number of carbonyl (C=O) groups is 2. The van der Waals surface area contributed by atoms with E-state index in [9.17, 15) is 28.1 Å². The zero-order valence-corrected chi connectivity index (χ0v) is 12.5. The van der Waals surface area contributed by atoms with Crippen LogP contribution in [0.4, 0.5) is 5.69 Å². The van der Waals surface area contributed by atoms with Crippen LogP contribution >= 0.6 is 0 Å². The number of ether oxygens (including phenoxy) is 1. The number of hydrogen-bond donors (Lipinski definition) is 2. The number of aliphatic carboxylic acids is 1. The van der Waals surface area contributed by atoms with Gasteiger partial charge in [0.25, 0.3) is 10.1 Å². The minimum absolute atomic E-state index is 0.115. The lowest BCUT2D eigenvalue weighted by atomic mass is 10.2. The van der Waals surface area contributed by atoms with Crippen molar-refractivity contribution >= 4 is 27.7 Å². The molecule has 10 nitrogen and oxygen atoms in total. The molecule has 11 heteroatoms. The molecule has 0 bridgehead atoms. The van der Waals surface area contributed by atoms with Crippen molar-refractivity contribution in [1.29, 1.82) is 0 Å². The van der Waals surface area contributed by atoms with Crippen LogP contribution in [0, 0.1) is 10.1 Å². The fraction of sp³-hybridized carbons (Fsp3) is 0.333. The lowest BCUT2D eigenvalue weighted by Gasteiger charge is -2.06. The normalized spacial score (nSPS) is 11.0.